The van der Waals surface area contributed by atoms with Gasteiger partial charge < -0.3 is 13.7 Å². The zero-order valence-electron chi connectivity index (χ0n) is 12.2. The van der Waals surface area contributed by atoms with Crippen LogP contribution in [0.4, 0.5) is 0 Å². The Morgan fingerprint density at radius 1 is 1.19 bits per heavy atom. The summed E-state index contributed by atoms with van der Waals surface area (Å²) in [5.41, 5.74) is 1.27. The number of aromatic nitrogens is 1. The van der Waals surface area contributed by atoms with Gasteiger partial charge in [0.1, 0.15) is 0 Å². The van der Waals surface area contributed by atoms with Crippen LogP contribution in [0, 0.1) is 5.92 Å². The molecule has 3 heterocycles. The summed E-state index contributed by atoms with van der Waals surface area (Å²) in [6.07, 6.45) is 10.8. The highest BCUT2D eigenvalue weighted by atomic mass is 16.5. The summed E-state index contributed by atoms with van der Waals surface area (Å²) in [4.78, 5) is 2.58. The van der Waals surface area contributed by atoms with Gasteiger partial charge in [0.2, 0.25) is 0 Å². The van der Waals surface area contributed by atoms with E-state index in [4.69, 9.17) is 9.15 Å². The highest BCUT2D eigenvalue weighted by Gasteiger charge is 2.42. The maximum absolute atomic E-state index is 6.13. The van der Waals surface area contributed by atoms with Crippen molar-refractivity contribution in [2.75, 3.05) is 13.2 Å². The van der Waals surface area contributed by atoms with Crippen LogP contribution in [-0.4, -0.2) is 34.8 Å². The number of nitrogens with zero attached hydrogens (tertiary/aromatic N) is 2. The maximum Gasteiger partial charge on any atom is 0.0947 e. The smallest absolute Gasteiger partial charge is 0.0947 e. The van der Waals surface area contributed by atoms with E-state index in [0.29, 0.717) is 18.1 Å². The summed E-state index contributed by atoms with van der Waals surface area (Å²) >= 11 is 0. The third-order valence-corrected chi connectivity index (χ3v) is 4.91. The second kappa shape index (κ2) is 5.70. The number of ether oxygens (including phenoxy) is 1. The van der Waals surface area contributed by atoms with Crippen LogP contribution >= 0.6 is 0 Å². The van der Waals surface area contributed by atoms with Crippen molar-refractivity contribution in [1.29, 1.82) is 0 Å². The van der Waals surface area contributed by atoms with Gasteiger partial charge in [0.05, 0.1) is 25.2 Å². The molecular weight excluding hydrogens is 264 g/mol. The van der Waals surface area contributed by atoms with Gasteiger partial charge in [0, 0.05) is 49.6 Å². The quantitative estimate of drug-likeness (QED) is 0.866. The number of fused-ring (bicyclic) bond motifs is 1. The van der Waals surface area contributed by atoms with Crippen molar-refractivity contribution in [3.8, 4) is 0 Å². The lowest BCUT2D eigenvalue weighted by atomic mass is 10.0. The van der Waals surface area contributed by atoms with Gasteiger partial charge >= 0.3 is 0 Å². The Morgan fingerprint density at radius 3 is 2.90 bits per heavy atom. The summed E-state index contributed by atoms with van der Waals surface area (Å²) in [6, 6.07) is 6.82. The van der Waals surface area contributed by atoms with Crippen LogP contribution in [-0.2, 0) is 17.8 Å². The molecule has 1 aliphatic carbocycles. The van der Waals surface area contributed by atoms with Crippen molar-refractivity contribution in [2.45, 2.75) is 38.1 Å². The van der Waals surface area contributed by atoms with Crippen molar-refractivity contribution < 1.29 is 9.15 Å². The van der Waals surface area contributed by atoms with E-state index >= 15 is 0 Å². The van der Waals surface area contributed by atoms with Gasteiger partial charge in [0.15, 0.2) is 0 Å². The first-order valence-corrected chi connectivity index (χ1v) is 7.87. The molecule has 1 saturated heterocycles. The van der Waals surface area contributed by atoms with Crippen LogP contribution in [0.25, 0.3) is 0 Å². The number of rotatable bonds is 4. The first-order chi connectivity index (χ1) is 10.4. The molecule has 2 fully saturated rings. The summed E-state index contributed by atoms with van der Waals surface area (Å²) in [6.45, 7) is 3.94. The monoisotopic (exact) mass is 286 g/mol. The lowest BCUT2D eigenvalue weighted by molar-refractivity contribution is -0.0786. The first kappa shape index (κ1) is 13.2. The third-order valence-electron chi connectivity index (χ3n) is 4.91. The van der Waals surface area contributed by atoms with Crippen molar-refractivity contribution in [3.05, 3.63) is 48.7 Å². The van der Waals surface area contributed by atoms with Gasteiger partial charge in [-0.2, -0.15) is 0 Å². The molecule has 4 rings (SSSR count). The van der Waals surface area contributed by atoms with Crippen LogP contribution < -0.4 is 0 Å². The molecule has 3 atom stereocenters. The molecule has 3 unspecified atom stereocenters. The SMILES string of the molecule is c1ccn(CC2CCC3C2OCCN3Cc2ccoc2)c1. The Labute approximate surface area is 125 Å². The zero-order chi connectivity index (χ0) is 14.1. The van der Waals surface area contributed by atoms with Gasteiger partial charge in [-0.1, -0.05) is 0 Å². The largest absolute Gasteiger partial charge is 0.472 e. The molecule has 1 saturated carbocycles. The van der Waals surface area contributed by atoms with Crippen molar-refractivity contribution in [2.24, 2.45) is 5.92 Å². The minimum absolute atomic E-state index is 0.382. The molecule has 0 amide bonds. The fourth-order valence-electron chi connectivity index (χ4n) is 3.91. The summed E-state index contributed by atoms with van der Waals surface area (Å²) in [5.74, 6) is 0.634. The Kier molecular flexibility index (Phi) is 3.57. The Bertz CT molecular complexity index is 549. The van der Waals surface area contributed by atoms with Gasteiger partial charge in [-0.3, -0.25) is 4.90 Å². The topological polar surface area (TPSA) is 30.5 Å². The van der Waals surface area contributed by atoms with Gasteiger partial charge in [0.25, 0.3) is 0 Å². The molecule has 21 heavy (non-hydrogen) atoms. The fraction of sp³-hybridized carbons (Fsp3) is 0.529. The minimum Gasteiger partial charge on any atom is -0.472 e. The van der Waals surface area contributed by atoms with Gasteiger partial charge in [-0.25, -0.2) is 0 Å². The first-order valence-electron chi connectivity index (χ1n) is 7.87. The molecule has 0 spiro atoms. The molecular formula is C17H22N2O2. The summed E-state index contributed by atoms with van der Waals surface area (Å²) < 4.78 is 13.6. The molecule has 112 valence electrons. The average Bonchev–Trinajstić information content (AvgIpc) is 3.22. The molecule has 0 radical (unpaired) electrons. The third kappa shape index (κ3) is 2.65. The molecule has 0 N–H and O–H groups in total. The predicted octanol–water partition coefficient (Wildman–Crippen LogP) is 2.76. The number of morpholine rings is 1. The normalized spacial score (nSPS) is 29.6. The van der Waals surface area contributed by atoms with E-state index in [9.17, 15) is 0 Å². The van der Waals surface area contributed by atoms with E-state index in [1.807, 2.05) is 6.26 Å². The number of hydrogen-bond donors (Lipinski definition) is 0. The van der Waals surface area contributed by atoms with Crippen LogP contribution in [0.1, 0.15) is 18.4 Å². The van der Waals surface area contributed by atoms with E-state index in [0.717, 1.165) is 26.2 Å². The minimum atomic E-state index is 0.382. The van der Waals surface area contributed by atoms with Crippen LogP contribution in [0.5, 0.6) is 0 Å². The van der Waals surface area contributed by atoms with E-state index < -0.39 is 0 Å². The fourth-order valence-corrected chi connectivity index (χ4v) is 3.91. The Balaban J connectivity index is 1.44. The molecule has 2 aromatic rings. The maximum atomic E-state index is 6.13. The van der Waals surface area contributed by atoms with E-state index in [1.54, 1.807) is 6.26 Å². The lowest BCUT2D eigenvalue weighted by Gasteiger charge is -2.39. The van der Waals surface area contributed by atoms with Gasteiger partial charge in [-0.15, -0.1) is 0 Å². The van der Waals surface area contributed by atoms with Crippen LogP contribution in [0.2, 0.25) is 0 Å². The second-order valence-electron chi connectivity index (χ2n) is 6.22. The number of furan rings is 1. The molecule has 1 aliphatic heterocycles. The molecule has 0 aromatic carbocycles. The van der Waals surface area contributed by atoms with Crippen LogP contribution in [0.15, 0.2) is 47.5 Å². The summed E-state index contributed by atoms with van der Waals surface area (Å²) in [7, 11) is 0. The van der Waals surface area contributed by atoms with Crippen molar-refractivity contribution >= 4 is 0 Å². The highest BCUT2D eigenvalue weighted by molar-refractivity contribution is 5.07. The molecule has 4 heteroatoms. The lowest BCUT2D eigenvalue weighted by Crippen LogP contribution is -2.50. The van der Waals surface area contributed by atoms with Crippen molar-refractivity contribution in [1.82, 2.24) is 9.47 Å². The molecule has 0 bridgehead atoms. The van der Waals surface area contributed by atoms with E-state index in [2.05, 4.69) is 40.1 Å². The Morgan fingerprint density at radius 2 is 2.10 bits per heavy atom. The standard InChI is InChI=1S/C17H22N2O2/c1-2-7-18(6-1)12-15-3-4-16-17(15)21-10-8-19(16)11-14-5-9-20-13-14/h1-2,5-7,9,13,15-17H,3-4,8,10-12H2. The highest BCUT2D eigenvalue weighted by Crippen LogP contribution is 2.36. The Hall–Kier alpha value is -1.52. The molecule has 2 aromatic heterocycles. The predicted molar refractivity (Wildman–Crippen MR) is 79.8 cm³/mol. The van der Waals surface area contributed by atoms with Crippen LogP contribution in [0.3, 0.4) is 0 Å². The molecule has 2 aliphatic rings. The second-order valence-corrected chi connectivity index (χ2v) is 6.22. The van der Waals surface area contributed by atoms with E-state index in [1.165, 1.54) is 18.4 Å². The van der Waals surface area contributed by atoms with Gasteiger partial charge in [-0.05, 0) is 31.0 Å². The summed E-state index contributed by atoms with van der Waals surface area (Å²) in [5, 5.41) is 0. The zero-order valence-corrected chi connectivity index (χ0v) is 12.2. The van der Waals surface area contributed by atoms with Crippen molar-refractivity contribution in [3.63, 3.8) is 0 Å². The van der Waals surface area contributed by atoms with E-state index in [-0.39, 0.29) is 0 Å². The average molecular weight is 286 g/mol. The number of hydrogen-bond acceptors (Lipinski definition) is 3. The molecule has 4 nitrogen and oxygen atoms in total.